The zero-order chi connectivity index (χ0) is 10.1. The first kappa shape index (κ1) is 12.4. The van der Waals surface area contributed by atoms with Crippen LogP contribution in [-0.2, 0) is 26.2 Å². The maximum Gasteiger partial charge on any atom is 0.182 e. The van der Waals surface area contributed by atoms with E-state index in [9.17, 15) is 5.11 Å². The van der Waals surface area contributed by atoms with Gasteiger partial charge in [-0.2, -0.15) is 0 Å². The minimum absolute atomic E-state index is 0. The second-order valence-electron chi connectivity index (χ2n) is 3.09. The van der Waals surface area contributed by atoms with Gasteiger partial charge in [0.25, 0.3) is 0 Å². The molecular formula is C11H10O3Zr. The molecule has 0 bridgehead atoms. The summed E-state index contributed by atoms with van der Waals surface area (Å²) in [5.74, 6) is -0.0984. The van der Waals surface area contributed by atoms with E-state index in [2.05, 4.69) is 0 Å². The van der Waals surface area contributed by atoms with Crippen LogP contribution in [0.2, 0.25) is 0 Å². The van der Waals surface area contributed by atoms with Crippen molar-refractivity contribution in [3.63, 3.8) is 0 Å². The van der Waals surface area contributed by atoms with Crippen molar-refractivity contribution in [1.29, 1.82) is 0 Å². The van der Waals surface area contributed by atoms with Crippen LogP contribution in [0.15, 0.2) is 36.4 Å². The summed E-state index contributed by atoms with van der Waals surface area (Å²) >= 11 is 0. The van der Waals surface area contributed by atoms with Crippen LogP contribution in [0.3, 0.4) is 0 Å². The molecule has 0 amide bonds. The van der Waals surface area contributed by atoms with Crippen molar-refractivity contribution < 1.29 is 41.5 Å². The maximum atomic E-state index is 9.46. The Morgan fingerprint density at radius 3 is 2.27 bits per heavy atom. The molecule has 76 valence electrons. The Kier molecular flexibility index (Phi) is 4.03. The number of aliphatic hydroxyl groups is 2. The molecule has 0 unspecified atom stereocenters. The van der Waals surface area contributed by atoms with Gasteiger partial charge >= 0.3 is 0 Å². The fraction of sp³-hybridized carbons (Fsp3) is 0.0909. The molecule has 3 nitrogen and oxygen atoms in total. The molecular weight excluding hydrogens is 271 g/mol. The summed E-state index contributed by atoms with van der Waals surface area (Å²) in [5.41, 5.74) is 0.156. The molecule has 0 saturated carbocycles. The summed E-state index contributed by atoms with van der Waals surface area (Å²) in [5, 5.41) is 29.2. The van der Waals surface area contributed by atoms with Gasteiger partial charge in [-0.25, -0.2) is 0 Å². The molecule has 0 fully saturated rings. The van der Waals surface area contributed by atoms with Crippen LogP contribution in [-0.4, -0.2) is 15.3 Å². The van der Waals surface area contributed by atoms with Crippen molar-refractivity contribution in [2.75, 3.05) is 0 Å². The standard InChI is InChI=1S/C11H10O3.Zr/c12-9-6-5-7-3-1-2-4-8(7)10(9)11(13)14;/h1-6,11-14H;. The Bertz CT molecular complexity index is 468. The van der Waals surface area contributed by atoms with Crippen LogP contribution < -0.4 is 0 Å². The first-order valence-electron chi connectivity index (χ1n) is 4.27. The predicted octanol–water partition coefficient (Wildman–Crippen LogP) is 1.53. The summed E-state index contributed by atoms with van der Waals surface area (Å²) in [6.07, 6.45) is -1.65. The molecule has 0 radical (unpaired) electrons. The van der Waals surface area contributed by atoms with Gasteiger partial charge in [-0.3, -0.25) is 0 Å². The van der Waals surface area contributed by atoms with Crippen molar-refractivity contribution in [2.24, 2.45) is 0 Å². The second-order valence-corrected chi connectivity index (χ2v) is 3.09. The number of aliphatic hydroxyl groups excluding tert-OH is 1. The molecule has 0 aliphatic rings. The quantitative estimate of drug-likeness (QED) is 0.695. The smallest absolute Gasteiger partial charge is 0.182 e. The summed E-state index contributed by atoms with van der Waals surface area (Å²) < 4.78 is 0. The van der Waals surface area contributed by atoms with Gasteiger partial charge in [0, 0.05) is 26.2 Å². The molecule has 15 heavy (non-hydrogen) atoms. The largest absolute Gasteiger partial charge is 0.507 e. The van der Waals surface area contributed by atoms with Gasteiger partial charge < -0.3 is 15.3 Å². The molecule has 0 saturated heterocycles. The molecule has 2 rings (SSSR count). The van der Waals surface area contributed by atoms with E-state index in [1.807, 2.05) is 12.1 Å². The number of fused-ring (bicyclic) bond motifs is 1. The van der Waals surface area contributed by atoms with Crippen molar-refractivity contribution in [1.82, 2.24) is 0 Å². The molecule has 0 atom stereocenters. The fourth-order valence-corrected chi connectivity index (χ4v) is 1.56. The normalized spacial score (nSPS) is 10.3. The molecule has 0 aromatic heterocycles. The van der Waals surface area contributed by atoms with Crippen LogP contribution in [0.1, 0.15) is 11.9 Å². The molecule has 3 N–H and O–H groups in total. The molecule has 2 aromatic rings. The SMILES string of the molecule is Oc1ccc2ccccc2c1C(O)O.[Zr]. The van der Waals surface area contributed by atoms with Crippen LogP contribution in [0.5, 0.6) is 5.75 Å². The van der Waals surface area contributed by atoms with Crippen molar-refractivity contribution in [3.05, 3.63) is 42.0 Å². The predicted molar refractivity (Wildman–Crippen MR) is 52.8 cm³/mol. The third-order valence-electron chi connectivity index (χ3n) is 2.21. The van der Waals surface area contributed by atoms with Gasteiger partial charge in [0.05, 0.1) is 5.56 Å². The van der Waals surface area contributed by atoms with E-state index in [1.54, 1.807) is 18.2 Å². The van der Waals surface area contributed by atoms with E-state index in [0.717, 1.165) is 5.39 Å². The van der Waals surface area contributed by atoms with Crippen molar-refractivity contribution in [3.8, 4) is 5.75 Å². The summed E-state index contributed by atoms with van der Waals surface area (Å²) in [6.45, 7) is 0. The third-order valence-corrected chi connectivity index (χ3v) is 2.21. The van der Waals surface area contributed by atoms with E-state index >= 15 is 0 Å². The molecule has 4 heteroatoms. The zero-order valence-corrected chi connectivity index (χ0v) is 10.3. The number of hydrogen-bond donors (Lipinski definition) is 3. The van der Waals surface area contributed by atoms with Crippen LogP contribution >= 0.6 is 0 Å². The summed E-state index contributed by atoms with van der Waals surface area (Å²) in [6, 6.07) is 10.4. The summed E-state index contributed by atoms with van der Waals surface area (Å²) in [7, 11) is 0. The van der Waals surface area contributed by atoms with Gasteiger partial charge in [0.2, 0.25) is 0 Å². The monoisotopic (exact) mass is 280 g/mol. The average molecular weight is 281 g/mol. The fourth-order valence-electron chi connectivity index (χ4n) is 1.56. The van der Waals surface area contributed by atoms with Gasteiger partial charge in [0.1, 0.15) is 5.75 Å². The van der Waals surface area contributed by atoms with Crippen LogP contribution in [0.4, 0.5) is 0 Å². The van der Waals surface area contributed by atoms with Gasteiger partial charge in [-0.1, -0.05) is 30.3 Å². The number of rotatable bonds is 1. The first-order chi connectivity index (χ1) is 6.70. The van der Waals surface area contributed by atoms with Gasteiger partial charge in [-0.15, -0.1) is 0 Å². The minimum atomic E-state index is -1.65. The van der Waals surface area contributed by atoms with Gasteiger partial charge in [-0.05, 0) is 16.8 Å². The number of phenols is 1. The zero-order valence-electron chi connectivity index (χ0n) is 7.88. The molecule has 0 aliphatic heterocycles. The maximum absolute atomic E-state index is 9.46. The van der Waals surface area contributed by atoms with Gasteiger partial charge in [0.15, 0.2) is 6.29 Å². The topological polar surface area (TPSA) is 60.7 Å². The number of phenolic OH excluding ortho intramolecular Hbond substituents is 1. The van der Waals surface area contributed by atoms with Crippen molar-refractivity contribution in [2.45, 2.75) is 6.29 Å². The van der Waals surface area contributed by atoms with E-state index in [0.29, 0.717) is 5.39 Å². The Hall–Kier alpha value is -0.697. The van der Waals surface area contributed by atoms with Crippen LogP contribution in [0.25, 0.3) is 10.8 Å². The molecule has 0 aliphatic carbocycles. The molecule has 0 spiro atoms. The van der Waals surface area contributed by atoms with Crippen LogP contribution in [0, 0.1) is 0 Å². The van der Waals surface area contributed by atoms with E-state index in [4.69, 9.17) is 10.2 Å². The first-order valence-corrected chi connectivity index (χ1v) is 4.27. The minimum Gasteiger partial charge on any atom is -0.507 e. The Morgan fingerprint density at radius 2 is 1.60 bits per heavy atom. The third kappa shape index (κ3) is 2.28. The molecule has 0 heterocycles. The van der Waals surface area contributed by atoms with Crippen molar-refractivity contribution >= 4 is 10.8 Å². The second kappa shape index (κ2) is 4.88. The van der Waals surface area contributed by atoms with E-state index in [1.165, 1.54) is 6.07 Å². The number of benzene rings is 2. The van der Waals surface area contributed by atoms with E-state index in [-0.39, 0.29) is 37.5 Å². The molecule has 2 aromatic carbocycles. The Labute approximate surface area is 106 Å². The average Bonchev–Trinajstić information content (AvgIpc) is 2.17. The van der Waals surface area contributed by atoms with E-state index < -0.39 is 6.29 Å². The number of hydrogen-bond acceptors (Lipinski definition) is 3. The Morgan fingerprint density at radius 1 is 0.933 bits per heavy atom. The Balaban J connectivity index is 0.00000112. The summed E-state index contributed by atoms with van der Waals surface area (Å²) in [4.78, 5) is 0. The number of aromatic hydroxyl groups is 1.